The minimum Gasteiger partial charge on any atom is -0.412 e. The number of phosphoric acid groups is 1. The summed E-state index contributed by atoms with van der Waals surface area (Å²) in [5, 5.41) is 0. The lowest BCUT2D eigenvalue weighted by Crippen LogP contribution is -1.96. The maximum absolute atomic E-state index is 11.7. The zero-order valence-electron chi connectivity index (χ0n) is 8.86. The highest BCUT2D eigenvalue weighted by Crippen LogP contribution is 2.49. The van der Waals surface area contributed by atoms with E-state index in [1.165, 1.54) is 6.26 Å². The first-order chi connectivity index (χ1) is 6.58. The fourth-order valence-corrected chi connectivity index (χ4v) is 1.73. The van der Waals surface area contributed by atoms with Crippen LogP contribution in [-0.4, -0.2) is 13.2 Å². The summed E-state index contributed by atoms with van der Waals surface area (Å²) in [6, 6.07) is 0. The first-order valence-electron chi connectivity index (χ1n) is 4.44. The summed E-state index contributed by atoms with van der Waals surface area (Å²) < 4.78 is 26.4. The van der Waals surface area contributed by atoms with Gasteiger partial charge in [0.25, 0.3) is 0 Å². The van der Waals surface area contributed by atoms with Gasteiger partial charge in [-0.05, 0) is 26.3 Å². The highest BCUT2D eigenvalue weighted by atomic mass is 31.2. The Hall–Kier alpha value is -0.570. The number of hydrogen-bond acceptors (Lipinski definition) is 4. The number of allylic oxidation sites excluding steroid dienone is 2. The summed E-state index contributed by atoms with van der Waals surface area (Å²) in [5.41, 5.74) is 0.754. The van der Waals surface area contributed by atoms with Crippen molar-refractivity contribution in [1.29, 1.82) is 0 Å². The Morgan fingerprint density at radius 3 is 2.21 bits per heavy atom. The van der Waals surface area contributed by atoms with E-state index in [-0.39, 0.29) is 13.2 Å². The monoisotopic (exact) mass is 220 g/mol. The van der Waals surface area contributed by atoms with Crippen molar-refractivity contribution in [3.8, 4) is 0 Å². The van der Waals surface area contributed by atoms with Crippen LogP contribution in [0.15, 0.2) is 24.5 Å². The molecule has 0 saturated carbocycles. The molecule has 0 amide bonds. The van der Waals surface area contributed by atoms with Crippen molar-refractivity contribution < 1.29 is 18.1 Å². The maximum atomic E-state index is 11.7. The van der Waals surface area contributed by atoms with E-state index in [1.54, 1.807) is 26.8 Å². The Kier molecular flexibility index (Phi) is 6.54. The summed E-state index contributed by atoms with van der Waals surface area (Å²) >= 11 is 0. The van der Waals surface area contributed by atoms with Crippen molar-refractivity contribution in [2.24, 2.45) is 0 Å². The van der Waals surface area contributed by atoms with Gasteiger partial charge in [-0.25, -0.2) is 4.57 Å². The molecule has 0 aromatic heterocycles. The quantitative estimate of drug-likeness (QED) is 0.375. The van der Waals surface area contributed by atoms with E-state index in [0.717, 1.165) is 5.57 Å². The van der Waals surface area contributed by atoms with Gasteiger partial charge in [-0.3, -0.25) is 9.05 Å². The zero-order chi connectivity index (χ0) is 11.0. The van der Waals surface area contributed by atoms with Gasteiger partial charge < -0.3 is 4.52 Å². The smallest absolute Gasteiger partial charge is 0.412 e. The molecular formula is C9H17O4P. The van der Waals surface area contributed by atoms with Gasteiger partial charge in [-0.15, -0.1) is 0 Å². The normalized spacial score (nSPS) is 12.6. The third-order valence-corrected chi connectivity index (χ3v) is 2.78. The number of phosphoric ester groups is 1. The minimum absolute atomic E-state index is 0.276. The Labute approximate surface area is 85.2 Å². The van der Waals surface area contributed by atoms with Crippen molar-refractivity contribution in [1.82, 2.24) is 0 Å². The van der Waals surface area contributed by atoms with Crippen LogP contribution in [0.1, 0.15) is 20.8 Å². The molecule has 14 heavy (non-hydrogen) atoms. The molecule has 0 unspecified atom stereocenters. The molecule has 0 N–H and O–H groups in total. The molecule has 0 aliphatic rings. The molecule has 0 aliphatic carbocycles. The van der Waals surface area contributed by atoms with E-state index in [4.69, 9.17) is 13.6 Å². The molecule has 0 heterocycles. The lowest BCUT2D eigenvalue weighted by Gasteiger charge is -2.14. The Morgan fingerprint density at radius 2 is 1.86 bits per heavy atom. The lowest BCUT2D eigenvalue weighted by molar-refractivity contribution is 0.153. The van der Waals surface area contributed by atoms with E-state index in [2.05, 4.69) is 6.58 Å². The summed E-state index contributed by atoms with van der Waals surface area (Å²) in [4.78, 5) is 0. The van der Waals surface area contributed by atoms with Gasteiger partial charge in [-0.2, -0.15) is 0 Å². The van der Waals surface area contributed by atoms with Gasteiger partial charge in [0.1, 0.15) is 0 Å². The molecule has 0 saturated heterocycles. The van der Waals surface area contributed by atoms with Gasteiger partial charge in [0.05, 0.1) is 19.5 Å². The van der Waals surface area contributed by atoms with Gasteiger partial charge in [0.15, 0.2) is 0 Å². The molecule has 0 atom stereocenters. The van der Waals surface area contributed by atoms with Crippen molar-refractivity contribution in [2.45, 2.75) is 20.8 Å². The Balaban J connectivity index is 4.36. The summed E-state index contributed by atoms with van der Waals surface area (Å²) in [7, 11) is -3.41. The third-order valence-electron chi connectivity index (χ3n) is 1.26. The van der Waals surface area contributed by atoms with E-state index in [0.29, 0.717) is 0 Å². The molecule has 82 valence electrons. The van der Waals surface area contributed by atoms with Crippen LogP contribution >= 0.6 is 7.82 Å². The van der Waals surface area contributed by atoms with Gasteiger partial charge in [-0.1, -0.05) is 12.7 Å². The van der Waals surface area contributed by atoms with Crippen LogP contribution in [0.25, 0.3) is 0 Å². The zero-order valence-corrected chi connectivity index (χ0v) is 9.75. The number of rotatable bonds is 7. The molecule has 0 aromatic carbocycles. The minimum atomic E-state index is -3.41. The molecule has 0 bridgehead atoms. The van der Waals surface area contributed by atoms with Crippen LogP contribution < -0.4 is 0 Å². The SMILES string of the molecule is C=C/C(C)=C/OP(=O)(OCC)OCC. The van der Waals surface area contributed by atoms with Crippen molar-refractivity contribution in [2.75, 3.05) is 13.2 Å². The lowest BCUT2D eigenvalue weighted by atomic mass is 10.3. The molecule has 0 spiro atoms. The third kappa shape index (κ3) is 5.22. The fourth-order valence-electron chi connectivity index (χ4n) is 0.610. The van der Waals surface area contributed by atoms with Gasteiger partial charge >= 0.3 is 7.82 Å². The maximum Gasteiger partial charge on any atom is 0.529 e. The highest BCUT2D eigenvalue weighted by Gasteiger charge is 2.25. The second-order valence-corrected chi connectivity index (χ2v) is 4.08. The molecule has 0 aromatic rings. The summed E-state index contributed by atoms with van der Waals surface area (Å²) in [6.45, 7) is 9.30. The van der Waals surface area contributed by atoms with E-state index in [1.807, 2.05) is 0 Å². The summed E-state index contributed by atoms with van der Waals surface area (Å²) in [5.74, 6) is 0. The predicted octanol–water partition coefficient (Wildman–Crippen LogP) is 3.27. The molecule has 0 aliphatic heterocycles. The average Bonchev–Trinajstić information content (AvgIpc) is 2.15. The first-order valence-corrected chi connectivity index (χ1v) is 5.90. The van der Waals surface area contributed by atoms with Crippen LogP contribution in [0, 0.1) is 0 Å². The predicted molar refractivity (Wildman–Crippen MR) is 55.9 cm³/mol. The molecular weight excluding hydrogens is 203 g/mol. The largest absolute Gasteiger partial charge is 0.529 e. The van der Waals surface area contributed by atoms with Crippen LogP contribution in [0.4, 0.5) is 0 Å². The second kappa shape index (κ2) is 6.82. The fraction of sp³-hybridized carbons (Fsp3) is 0.556. The second-order valence-electron chi connectivity index (χ2n) is 2.45. The Morgan fingerprint density at radius 1 is 1.36 bits per heavy atom. The van der Waals surface area contributed by atoms with E-state index < -0.39 is 7.82 Å². The van der Waals surface area contributed by atoms with Crippen molar-refractivity contribution >= 4 is 7.82 Å². The van der Waals surface area contributed by atoms with Crippen molar-refractivity contribution in [3.05, 3.63) is 24.5 Å². The van der Waals surface area contributed by atoms with Gasteiger partial charge in [0.2, 0.25) is 0 Å². The van der Waals surface area contributed by atoms with Crippen LogP contribution in [0.5, 0.6) is 0 Å². The van der Waals surface area contributed by atoms with Crippen molar-refractivity contribution in [3.63, 3.8) is 0 Å². The van der Waals surface area contributed by atoms with Crippen LogP contribution in [-0.2, 0) is 18.1 Å². The standard InChI is InChI=1S/C9H17O4P/c1-5-9(4)8-13-14(10,11-6-2)12-7-3/h5,8H,1,6-7H2,2-4H3/b9-8+. The van der Waals surface area contributed by atoms with E-state index >= 15 is 0 Å². The van der Waals surface area contributed by atoms with Crippen LogP contribution in [0.2, 0.25) is 0 Å². The topological polar surface area (TPSA) is 44.8 Å². The molecule has 0 radical (unpaired) electrons. The number of hydrogen-bond donors (Lipinski definition) is 0. The highest BCUT2D eigenvalue weighted by molar-refractivity contribution is 7.48. The molecule has 0 fully saturated rings. The van der Waals surface area contributed by atoms with Gasteiger partial charge in [0, 0.05) is 0 Å². The summed E-state index contributed by atoms with van der Waals surface area (Å²) in [6.07, 6.45) is 2.90. The molecule has 4 nitrogen and oxygen atoms in total. The Bertz CT molecular complexity index is 237. The molecule has 0 rings (SSSR count). The van der Waals surface area contributed by atoms with Crippen LogP contribution in [0.3, 0.4) is 0 Å². The van der Waals surface area contributed by atoms with E-state index in [9.17, 15) is 4.57 Å². The average molecular weight is 220 g/mol. The first kappa shape index (κ1) is 13.4. The molecule has 5 heteroatoms.